The minimum Gasteiger partial charge on any atom is -0.373 e. The van der Waals surface area contributed by atoms with Crippen LogP contribution in [-0.4, -0.2) is 24.1 Å². The molecule has 0 saturated heterocycles. The molecule has 2 rings (SSSR count). The number of nitrogens with one attached hydrogen (secondary N) is 1. The second-order valence-electron chi connectivity index (χ2n) is 4.41. The van der Waals surface area contributed by atoms with Crippen molar-refractivity contribution in [2.75, 3.05) is 24.3 Å². The number of hydrogen-bond acceptors (Lipinski definition) is 4. The average Bonchev–Trinajstić information content (AvgIpc) is 2.39. The van der Waals surface area contributed by atoms with Crippen LogP contribution in [0.25, 0.3) is 0 Å². The Hall–Kier alpha value is -1.62. The lowest BCUT2D eigenvalue weighted by Crippen LogP contribution is -2.19. The molecule has 5 heteroatoms. The van der Waals surface area contributed by atoms with Crippen LogP contribution < -0.4 is 10.2 Å². The Morgan fingerprint density at radius 2 is 2.11 bits per heavy atom. The summed E-state index contributed by atoms with van der Waals surface area (Å²) in [7, 11) is 3.91. The van der Waals surface area contributed by atoms with Gasteiger partial charge < -0.3 is 10.2 Å². The van der Waals surface area contributed by atoms with Crippen LogP contribution in [0.5, 0.6) is 0 Å². The van der Waals surface area contributed by atoms with Crippen molar-refractivity contribution in [2.24, 2.45) is 0 Å². The van der Waals surface area contributed by atoms with Crippen LogP contribution in [0.2, 0.25) is 0 Å². The first-order valence-electron chi connectivity index (χ1n) is 6.06. The molecule has 0 radical (unpaired) electrons. The molecule has 100 valence electrons. The molecule has 0 spiro atoms. The molecule has 1 heterocycles. The van der Waals surface area contributed by atoms with E-state index in [4.69, 9.17) is 0 Å². The Labute approximate surface area is 122 Å². The molecule has 2 aromatic rings. The molecule has 0 atom stereocenters. The van der Waals surface area contributed by atoms with Crippen molar-refractivity contribution >= 4 is 27.6 Å². The van der Waals surface area contributed by atoms with Gasteiger partial charge in [0.25, 0.3) is 0 Å². The summed E-state index contributed by atoms with van der Waals surface area (Å²) >= 11 is 3.49. The Kier molecular flexibility index (Phi) is 4.37. The highest BCUT2D eigenvalue weighted by Gasteiger charge is 2.10. The molecule has 0 aliphatic carbocycles. The van der Waals surface area contributed by atoms with Crippen molar-refractivity contribution in [2.45, 2.75) is 13.5 Å². The van der Waals surface area contributed by atoms with Crippen molar-refractivity contribution in [3.8, 4) is 0 Å². The minimum absolute atomic E-state index is 0.806. The SMILES string of the molecule is CNc1ncnc(N(C)Cc2cccc(Br)c2)c1C. The highest BCUT2D eigenvalue weighted by molar-refractivity contribution is 9.10. The van der Waals surface area contributed by atoms with Crippen molar-refractivity contribution in [3.05, 3.63) is 46.2 Å². The molecule has 0 bridgehead atoms. The van der Waals surface area contributed by atoms with E-state index in [-0.39, 0.29) is 0 Å². The zero-order chi connectivity index (χ0) is 13.8. The summed E-state index contributed by atoms with van der Waals surface area (Å²) in [6.07, 6.45) is 1.59. The molecule has 0 aliphatic heterocycles. The molecule has 4 nitrogen and oxygen atoms in total. The van der Waals surface area contributed by atoms with Crippen molar-refractivity contribution < 1.29 is 0 Å². The normalized spacial score (nSPS) is 10.3. The van der Waals surface area contributed by atoms with Gasteiger partial charge in [-0.2, -0.15) is 0 Å². The lowest BCUT2D eigenvalue weighted by molar-refractivity contribution is 0.882. The minimum atomic E-state index is 0.806. The summed E-state index contributed by atoms with van der Waals surface area (Å²) < 4.78 is 1.09. The van der Waals surface area contributed by atoms with E-state index in [1.165, 1.54) is 5.56 Å². The van der Waals surface area contributed by atoms with Gasteiger partial charge in [0.05, 0.1) is 0 Å². The highest BCUT2D eigenvalue weighted by Crippen LogP contribution is 2.22. The summed E-state index contributed by atoms with van der Waals surface area (Å²) in [5.41, 5.74) is 2.29. The molecular weight excluding hydrogens is 304 g/mol. The van der Waals surface area contributed by atoms with Gasteiger partial charge in [0.15, 0.2) is 0 Å². The molecule has 1 aromatic carbocycles. The van der Waals surface area contributed by atoms with E-state index in [1.54, 1.807) is 6.33 Å². The predicted molar refractivity (Wildman–Crippen MR) is 82.6 cm³/mol. The fourth-order valence-corrected chi connectivity index (χ4v) is 2.51. The molecular formula is C14H17BrN4. The Bertz CT molecular complexity index is 571. The lowest BCUT2D eigenvalue weighted by Gasteiger charge is -2.21. The zero-order valence-electron chi connectivity index (χ0n) is 11.3. The second-order valence-corrected chi connectivity index (χ2v) is 5.32. The topological polar surface area (TPSA) is 41.1 Å². The maximum absolute atomic E-state index is 4.37. The smallest absolute Gasteiger partial charge is 0.137 e. The second kappa shape index (κ2) is 6.02. The molecule has 19 heavy (non-hydrogen) atoms. The summed E-state index contributed by atoms with van der Waals surface area (Å²) in [5.74, 6) is 1.81. The van der Waals surface area contributed by atoms with E-state index in [9.17, 15) is 0 Å². The van der Waals surface area contributed by atoms with Crippen LogP contribution in [0, 0.1) is 6.92 Å². The van der Waals surface area contributed by atoms with Gasteiger partial charge in [-0.3, -0.25) is 0 Å². The summed E-state index contributed by atoms with van der Waals surface area (Å²) in [5, 5.41) is 3.08. The quantitative estimate of drug-likeness (QED) is 0.939. The fourth-order valence-electron chi connectivity index (χ4n) is 2.06. The van der Waals surface area contributed by atoms with Crippen LogP contribution in [0.4, 0.5) is 11.6 Å². The van der Waals surface area contributed by atoms with Crippen molar-refractivity contribution in [3.63, 3.8) is 0 Å². The zero-order valence-corrected chi connectivity index (χ0v) is 12.9. The van der Waals surface area contributed by atoms with Crippen LogP contribution in [-0.2, 0) is 6.54 Å². The van der Waals surface area contributed by atoms with Crippen LogP contribution in [0.3, 0.4) is 0 Å². The van der Waals surface area contributed by atoms with Crippen LogP contribution in [0.1, 0.15) is 11.1 Å². The van der Waals surface area contributed by atoms with Gasteiger partial charge in [0, 0.05) is 30.7 Å². The van der Waals surface area contributed by atoms with Gasteiger partial charge in [-0.1, -0.05) is 28.1 Å². The summed E-state index contributed by atoms with van der Waals surface area (Å²) in [6, 6.07) is 8.29. The number of anilines is 2. The lowest BCUT2D eigenvalue weighted by atomic mass is 10.2. The van der Waals surface area contributed by atoms with E-state index in [0.717, 1.165) is 28.2 Å². The van der Waals surface area contributed by atoms with E-state index < -0.39 is 0 Å². The van der Waals surface area contributed by atoms with E-state index in [2.05, 4.69) is 48.2 Å². The summed E-state index contributed by atoms with van der Waals surface area (Å²) in [4.78, 5) is 10.7. The number of nitrogens with zero attached hydrogens (tertiary/aromatic N) is 3. The van der Waals surface area contributed by atoms with Gasteiger partial charge >= 0.3 is 0 Å². The predicted octanol–water partition coefficient (Wildman–Crippen LogP) is 3.23. The highest BCUT2D eigenvalue weighted by atomic mass is 79.9. The van der Waals surface area contributed by atoms with Gasteiger partial charge in [-0.05, 0) is 24.6 Å². The Morgan fingerprint density at radius 1 is 1.32 bits per heavy atom. The first-order chi connectivity index (χ1) is 9.11. The number of halogens is 1. The molecule has 0 fully saturated rings. The maximum atomic E-state index is 4.37. The maximum Gasteiger partial charge on any atom is 0.137 e. The molecule has 0 saturated carbocycles. The van der Waals surface area contributed by atoms with Crippen molar-refractivity contribution in [1.29, 1.82) is 0 Å². The molecule has 1 N–H and O–H groups in total. The Morgan fingerprint density at radius 3 is 2.79 bits per heavy atom. The third-order valence-corrected chi connectivity index (χ3v) is 3.46. The fraction of sp³-hybridized carbons (Fsp3) is 0.286. The third kappa shape index (κ3) is 3.23. The van der Waals surface area contributed by atoms with Gasteiger partial charge in [0.2, 0.25) is 0 Å². The molecule has 0 unspecified atom stereocenters. The van der Waals surface area contributed by atoms with Gasteiger partial charge in [0.1, 0.15) is 18.0 Å². The molecule has 0 aliphatic rings. The van der Waals surface area contributed by atoms with Crippen molar-refractivity contribution in [1.82, 2.24) is 9.97 Å². The number of hydrogen-bond donors (Lipinski definition) is 1. The Balaban J connectivity index is 2.23. The monoisotopic (exact) mass is 320 g/mol. The standard InChI is InChI=1S/C14H17BrN4/c1-10-13(16-2)17-9-18-14(10)19(3)8-11-5-4-6-12(15)7-11/h4-7,9H,8H2,1-3H3,(H,16,17,18). The first kappa shape index (κ1) is 13.8. The first-order valence-corrected chi connectivity index (χ1v) is 6.86. The summed E-state index contributed by atoms with van der Waals surface area (Å²) in [6.45, 7) is 2.83. The average molecular weight is 321 g/mol. The van der Waals surface area contributed by atoms with Crippen LogP contribution >= 0.6 is 15.9 Å². The van der Waals surface area contributed by atoms with E-state index in [1.807, 2.05) is 33.2 Å². The van der Waals surface area contributed by atoms with Gasteiger partial charge in [-0.15, -0.1) is 0 Å². The molecule has 0 amide bonds. The van der Waals surface area contributed by atoms with E-state index >= 15 is 0 Å². The number of rotatable bonds is 4. The van der Waals surface area contributed by atoms with Gasteiger partial charge in [-0.25, -0.2) is 9.97 Å². The van der Waals surface area contributed by atoms with E-state index in [0.29, 0.717) is 0 Å². The third-order valence-electron chi connectivity index (χ3n) is 2.96. The van der Waals surface area contributed by atoms with Crippen LogP contribution in [0.15, 0.2) is 35.1 Å². The molecule has 1 aromatic heterocycles. The number of benzene rings is 1. The number of aromatic nitrogens is 2. The largest absolute Gasteiger partial charge is 0.373 e.